The van der Waals surface area contributed by atoms with Gasteiger partial charge in [0.15, 0.2) is 11.6 Å². The summed E-state index contributed by atoms with van der Waals surface area (Å²) < 4.78 is 5.69. The highest BCUT2D eigenvalue weighted by atomic mass is 16.5. The van der Waals surface area contributed by atoms with Crippen LogP contribution in [0.4, 0.5) is 5.82 Å². The second kappa shape index (κ2) is 5.57. The van der Waals surface area contributed by atoms with E-state index in [4.69, 9.17) is 4.74 Å². The minimum absolute atomic E-state index is 0.533. The van der Waals surface area contributed by atoms with Crippen LogP contribution in [0.1, 0.15) is 33.1 Å². The molecule has 0 saturated carbocycles. The predicted molar refractivity (Wildman–Crippen MR) is 72.1 cm³/mol. The van der Waals surface area contributed by atoms with Crippen molar-refractivity contribution < 1.29 is 9.84 Å². The lowest BCUT2D eigenvalue weighted by atomic mass is 9.89. The third-order valence-electron chi connectivity index (χ3n) is 3.20. The quantitative estimate of drug-likeness (QED) is 0.841. The van der Waals surface area contributed by atoms with E-state index in [9.17, 15) is 5.11 Å². The van der Waals surface area contributed by atoms with Crippen LogP contribution in [-0.4, -0.2) is 35.4 Å². The molecule has 2 heterocycles. The summed E-state index contributed by atoms with van der Waals surface area (Å²) in [5, 5.41) is 10.2. The molecule has 0 spiro atoms. The fraction of sp³-hybridized carbons (Fsp3) is 0.643. The van der Waals surface area contributed by atoms with Crippen molar-refractivity contribution in [3.05, 3.63) is 18.3 Å². The monoisotopic (exact) mass is 250 g/mol. The number of hydrogen-bond acceptors (Lipinski definition) is 4. The first-order valence-electron chi connectivity index (χ1n) is 6.73. The van der Waals surface area contributed by atoms with Gasteiger partial charge in [0.25, 0.3) is 0 Å². The SMILES string of the molecule is CCCOc1cccnc1N1CC(O)(CCC)C1. The smallest absolute Gasteiger partial charge is 0.171 e. The highest BCUT2D eigenvalue weighted by Gasteiger charge is 2.41. The number of nitrogens with zero attached hydrogens (tertiary/aromatic N) is 2. The summed E-state index contributed by atoms with van der Waals surface area (Å²) in [6.07, 6.45) is 4.60. The molecule has 0 aliphatic carbocycles. The van der Waals surface area contributed by atoms with Crippen LogP contribution < -0.4 is 9.64 Å². The van der Waals surface area contributed by atoms with Gasteiger partial charge < -0.3 is 14.7 Å². The molecule has 18 heavy (non-hydrogen) atoms. The molecule has 1 saturated heterocycles. The molecule has 0 bridgehead atoms. The summed E-state index contributed by atoms with van der Waals surface area (Å²) in [6.45, 7) is 6.18. The van der Waals surface area contributed by atoms with Crippen molar-refractivity contribution in [2.45, 2.75) is 38.7 Å². The molecule has 0 unspecified atom stereocenters. The van der Waals surface area contributed by atoms with Crippen LogP contribution in [0.2, 0.25) is 0 Å². The van der Waals surface area contributed by atoms with Crippen LogP contribution in [0.5, 0.6) is 5.75 Å². The highest BCUT2D eigenvalue weighted by Crippen LogP contribution is 2.34. The zero-order valence-electron chi connectivity index (χ0n) is 11.2. The first kappa shape index (κ1) is 13.1. The molecular weight excluding hydrogens is 228 g/mol. The molecule has 4 heteroatoms. The lowest BCUT2D eigenvalue weighted by Crippen LogP contribution is -2.62. The van der Waals surface area contributed by atoms with Gasteiger partial charge in [-0.15, -0.1) is 0 Å². The molecule has 0 aromatic carbocycles. The molecule has 0 atom stereocenters. The van der Waals surface area contributed by atoms with E-state index in [2.05, 4.69) is 23.7 Å². The minimum Gasteiger partial charge on any atom is -0.490 e. The van der Waals surface area contributed by atoms with Gasteiger partial charge in [0.05, 0.1) is 25.3 Å². The van der Waals surface area contributed by atoms with Gasteiger partial charge in [-0.05, 0) is 25.0 Å². The number of aromatic nitrogens is 1. The zero-order chi connectivity index (χ0) is 13.0. The Kier molecular flexibility index (Phi) is 4.07. The molecule has 1 aromatic rings. The van der Waals surface area contributed by atoms with E-state index >= 15 is 0 Å². The van der Waals surface area contributed by atoms with Crippen molar-refractivity contribution >= 4 is 5.82 Å². The Labute approximate surface area is 109 Å². The van der Waals surface area contributed by atoms with Crippen LogP contribution in [0, 0.1) is 0 Å². The van der Waals surface area contributed by atoms with E-state index in [0.717, 1.165) is 30.8 Å². The van der Waals surface area contributed by atoms with Crippen molar-refractivity contribution in [1.82, 2.24) is 4.98 Å². The molecule has 100 valence electrons. The normalized spacial score (nSPS) is 17.4. The molecule has 4 nitrogen and oxygen atoms in total. The van der Waals surface area contributed by atoms with Gasteiger partial charge >= 0.3 is 0 Å². The Bertz CT molecular complexity index is 389. The number of rotatable bonds is 6. The Morgan fingerprint density at radius 2 is 2.17 bits per heavy atom. The van der Waals surface area contributed by atoms with Gasteiger partial charge in [-0.3, -0.25) is 0 Å². The van der Waals surface area contributed by atoms with E-state index in [0.29, 0.717) is 19.7 Å². The summed E-state index contributed by atoms with van der Waals surface area (Å²) >= 11 is 0. The molecule has 0 radical (unpaired) electrons. The summed E-state index contributed by atoms with van der Waals surface area (Å²) in [5.74, 6) is 1.67. The first-order chi connectivity index (χ1) is 8.68. The Morgan fingerprint density at radius 3 is 2.83 bits per heavy atom. The molecule has 2 rings (SSSR count). The maximum Gasteiger partial charge on any atom is 0.171 e. The van der Waals surface area contributed by atoms with Crippen LogP contribution in [0.3, 0.4) is 0 Å². The molecule has 1 aromatic heterocycles. The molecule has 0 amide bonds. The summed E-state index contributed by atoms with van der Waals surface area (Å²) in [5.41, 5.74) is -0.533. The maximum atomic E-state index is 10.2. The van der Waals surface area contributed by atoms with Crippen LogP contribution in [0.25, 0.3) is 0 Å². The number of ether oxygens (including phenoxy) is 1. The lowest BCUT2D eigenvalue weighted by Gasteiger charge is -2.47. The third-order valence-corrected chi connectivity index (χ3v) is 3.20. The fourth-order valence-electron chi connectivity index (χ4n) is 2.38. The average Bonchev–Trinajstić information content (AvgIpc) is 2.34. The molecular formula is C14H22N2O2. The lowest BCUT2D eigenvalue weighted by molar-refractivity contribution is 0.00266. The number of β-amino-alcohol motifs (C(OH)–C–C–N with tert-alkyl or cyclic N) is 1. The number of aliphatic hydroxyl groups is 1. The molecule has 1 fully saturated rings. The molecule has 1 aliphatic heterocycles. The van der Waals surface area contributed by atoms with Gasteiger partial charge in [0.1, 0.15) is 0 Å². The number of hydrogen-bond donors (Lipinski definition) is 1. The van der Waals surface area contributed by atoms with Gasteiger partial charge in [0.2, 0.25) is 0 Å². The Balaban J connectivity index is 2.02. The van der Waals surface area contributed by atoms with E-state index < -0.39 is 5.60 Å². The van der Waals surface area contributed by atoms with Crippen LogP contribution in [-0.2, 0) is 0 Å². The third kappa shape index (κ3) is 2.75. The van der Waals surface area contributed by atoms with Gasteiger partial charge in [-0.25, -0.2) is 4.98 Å². The van der Waals surface area contributed by atoms with E-state index in [1.807, 2.05) is 12.1 Å². The summed E-state index contributed by atoms with van der Waals surface area (Å²) in [7, 11) is 0. The van der Waals surface area contributed by atoms with Crippen molar-refractivity contribution in [3.8, 4) is 5.75 Å². The minimum atomic E-state index is -0.533. The average molecular weight is 250 g/mol. The van der Waals surface area contributed by atoms with Crippen molar-refractivity contribution in [3.63, 3.8) is 0 Å². The Morgan fingerprint density at radius 1 is 1.39 bits per heavy atom. The highest BCUT2D eigenvalue weighted by molar-refractivity contribution is 5.55. The van der Waals surface area contributed by atoms with Crippen molar-refractivity contribution in [2.75, 3.05) is 24.6 Å². The number of anilines is 1. The van der Waals surface area contributed by atoms with Gasteiger partial charge in [0, 0.05) is 6.20 Å². The first-order valence-corrected chi connectivity index (χ1v) is 6.73. The van der Waals surface area contributed by atoms with Gasteiger partial charge in [-0.2, -0.15) is 0 Å². The topological polar surface area (TPSA) is 45.6 Å². The second-order valence-electron chi connectivity index (χ2n) is 5.00. The standard InChI is InChI=1S/C14H22N2O2/c1-3-7-14(17)10-16(11-14)13-12(18-9-4-2)6-5-8-15-13/h5-6,8,17H,3-4,7,9-11H2,1-2H3. The predicted octanol–water partition coefficient (Wildman–Crippen LogP) is 2.22. The zero-order valence-corrected chi connectivity index (χ0v) is 11.2. The van der Waals surface area contributed by atoms with E-state index in [-0.39, 0.29) is 0 Å². The summed E-state index contributed by atoms with van der Waals surface area (Å²) in [4.78, 5) is 6.45. The Hall–Kier alpha value is -1.29. The molecule has 1 aliphatic rings. The number of pyridine rings is 1. The fourth-order valence-corrected chi connectivity index (χ4v) is 2.38. The van der Waals surface area contributed by atoms with E-state index in [1.165, 1.54) is 0 Å². The van der Waals surface area contributed by atoms with Crippen molar-refractivity contribution in [2.24, 2.45) is 0 Å². The van der Waals surface area contributed by atoms with Crippen LogP contribution >= 0.6 is 0 Å². The van der Waals surface area contributed by atoms with Gasteiger partial charge in [-0.1, -0.05) is 20.3 Å². The maximum absolute atomic E-state index is 10.2. The largest absolute Gasteiger partial charge is 0.490 e. The molecule has 1 N–H and O–H groups in total. The van der Waals surface area contributed by atoms with Crippen molar-refractivity contribution in [1.29, 1.82) is 0 Å². The second-order valence-corrected chi connectivity index (χ2v) is 5.00. The van der Waals surface area contributed by atoms with Crippen LogP contribution in [0.15, 0.2) is 18.3 Å². The van der Waals surface area contributed by atoms with E-state index in [1.54, 1.807) is 6.20 Å². The summed E-state index contributed by atoms with van der Waals surface area (Å²) in [6, 6.07) is 3.82.